The van der Waals surface area contributed by atoms with Crippen molar-refractivity contribution in [1.82, 2.24) is 9.62 Å². The van der Waals surface area contributed by atoms with Crippen LogP contribution in [0.15, 0.2) is 0 Å². The van der Waals surface area contributed by atoms with Gasteiger partial charge >= 0.3 is 0 Å². The molecule has 0 spiro atoms. The Bertz CT molecular complexity index is 197. The fraction of sp³-hybridized carbons (Fsp3) is 0.889. The number of hydrogen-bond donors (Lipinski definition) is 2. The van der Waals surface area contributed by atoms with Gasteiger partial charge in [0.05, 0.1) is 19.3 Å². The zero-order valence-electron chi connectivity index (χ0n) is 8.69. The van der Waals surface area contributed by atoms with E-state index in [1.54, 1.807) is 0 Å². The van der Waals surface area contributed by atoms with E-state index in [9.17, 15) is 4.79 Å². The molecule has 4 nitrogen and oxygen atoms in total. The number of nitrogens with one attached hydrogen (secondary N) is 1. The zero-order valence-corrected chi connectivity index (χ0v) is 9.59. The molecule has 0 aromatic carbocycles. The molecule has 82 valence electrons. The van der Waals surface area contributed by atoms with Crippen LogP contribution in [0.1, 0.15) is 13.8 Å². The van der Waals surface area contributed by atoms with Gasteiger partial charge in [-0.3, -0.25) is 9.52 Å². The first-order valence-electron chi connectivity index (χ1n) is 4.92. The lowest BCUT2D eigenvalue weighted by atomic mass is 10.1. The molecule has 1 fully saturated rings. The Labute approximate surface area is 90.5 Å². The maximum atomic E-state index is 11.8. The molecular formula is C9H18N2O2S. The molecule has 0 radical (unpaired) electrons. The van der Waals surface area contributed by atoms with Gasteiger partial charge in [-0.05, 0) is 0 Å². The number of rotatable bonds is 3. The second-order valence-corrected chi connectivity index (χ2v) is 4.09. The predicted octanol–water partition coefficient (Wildman–Crippen LogP) is 0.304. The fourth-order valence-electron chi connectivity index (χ4n) is 1.55. The first-order chi connectivity index (χ1) is 6.66. The molecular weight excluding hydrogens is 200 g/mol. The second-order valence-electron chi connectivity index (χ2n) is 3.78. The van der Waals surface area contributed by atoms with Crippen LogP contribution < -0.4 is 4.72 Å². The Balaban J connectivity index is 2.57. The number of thiol groups is 1. The van der Waals surface area contributed by atoms with Crippen molar-refractivity contribution >= 4 is 18.7 Å². The fourth-order valence-corrected chi connectivity index (χ4v) is 1.76. The highest BCUT2D eigenvalue weighted by molar-refractivity contribution is 7.78. The van der Waals surface area contributed by atoms with E-state index in [0.29, 0.717) is 26.3 Å². The molecule has 5 heteroatoms. The van der Waals surface area contributed by atoms with Crippen LogP contribution in [0, 0.1) is 5.92 Å². The Hall–Kier alpha value is -0.260. The molecule has 1 amide bonds. The number of carbonyl (C=O) groups is 1. The lowest BCUT2D eigenvalue weighted by molar-refractivity contribution is -0.142. The van der Waals surface area contributed by atoms with Crippen LogP contribution in [-0.4, -0.2) is 43.2 Å². The first-order valence-corrected chi connectivity index (χ1v) is 5.36. The molecule has 0 aromatic rings. The molecule has 1 atom stereocenters. The molecule has 0 saturated carbocycles. The Morgan fingerprint density at radius 3 is 3.00 bits per heavy atom. The van der Waals surface area contributed by atoms with Crippen LogP contribution in [0.2, 0.25) is 0 Å². The van der Waals surface area contributed by atoms with Gasteiger partial charge in [-0.15, -0.1) is 0 Å². The summed E-state index contributed by atoms with van der Waals surface area (Å²) in [6.07, 6.45) is 0. The molecule has 1 N–H and O–H groups in total. The smallest absolute Gasteiger partial charge is 0.225 e. The van der Waals surface area contributed by atoms with E-state index in [-0.39, 0.29) is 17.9 Å². The summed E-state index contributed by atoms with van der Waals surface area (Å²) in [5, 5.41) is 0. The third-order valence-corrected chi connectivity index (χ3v) is 2.51. The lowest BCUT2D eigenvalue weighted by Gasteiger charge is -2.36. The molecule has 14 heavy (non-hydrogen) atoms. The van der Waals surface area contributed by atoms with Crippen LogP contribution in [-0.2, 0) is 9.53 Å². The molecule has 1 rings (SSSR count). The van der Waals surface area contributed by atoms with Crippen LogP contribution >= 0.6 is 12.8 Å². The van der Waals surface area contributed by atoms with Gasteiger partial charge in [0, 0.05) is 19.0 Å². The largest absolute Gasteiger partial charge is 0.377 e. The number of morpholine rings is 1. The minimum Gasteiger partial charge on any atom is -0.377 e. The highest BCUT2D eigenvalue weighted by atomic mass is 32.1. The Morgan fingerprint density at radius 2 is 2.43 bits per heavy atom. The molecule has 0 aromatic heterocycles. The van der Waals surface area contributed by atoms with Crippen molar-refractivity contribution in [3.63, 3.8) is 0 Å². The van der Waals surface area contributed by atoms with E-state index < -0.39 is 0 Å². The molecule has 0 aliphatic carbocycles. The predicted molar refractivity (Wildman–Crippen MR) is 58.1 cm³/mol. The molecule has 1 aliphatic heterocycles. The van der Waals surface area contributed by atoms with E-state index in [4.69, 9.17) is 4.74 Å². The molecule has 1 heterocycles. The van der Waals surface area contributed by atoms with Gasteiger partial charge in [-0.25, -0.2) is 0 Å². The van der Waals surface area contributed by atoms with Crippen molar-refractivity contribution < 1.29 is 9.53 Å². The summed E-state index contributed by atoms with van der Waals surface area (Å²) in [5.41, 5.74) is 0. The highest BCUT2D eigenvalue weighted by Crippen LogP contribution is 2.10. The van der Waals surface area contributed by atoms with Gasteiger partial charge in [0.15, 0.2) is 0 Å². The first kappa shape index (κ1) is 11.8. The van der Waals surface area contributed by atoms with Crippen LogP contribution in [0.4, 0.5) is 0 Å². The third kappa shape index (κ3) is 2.87. The van der Waals surface area contributed by atoms with Gasteiger partial charge in [-0.2, -0.15) is 0 Å². The maximum Gasteiger partial charge on any atom is 0.225 e. The van der Waals surface area contributed by atoms with Gasteiger partial charge < -0.3 is 9.64 Å². The van der Waals surface area contributed by atoms with E-state index in [1.165, 1.54) is 0 Å². The van der Waals surface area contributed by atoms with Crippen molar-refractivity contribution in [3.8, 4) is 0 Å². The third-order valence-electron chi connectivity index (χ3n) is 2.33. The summed E-state index contributed by atoms with van der Waals surface area (Å²) in [4.78, 5) is 13.7. The molecule has 0 unspecified atom stereocenters. The monoisotopic (exact) mass is 218 g/mol. The van der Waals surface area contributed by atoms with Gasteiger partial charge in [0.25, 0.3) is 0 Å². The minimum absolute atomic E-state index is 0.0514. The van der Waals surface area contributed by atoms with Gasteiger partial charge in [-0.1, -0.05) is 26.7 Å². The number of nitrogens with zero attached hydrogens (tertiary/aromatic N) is 1. The van der Waals surface area contributed by atoms with Crippen molar-refractivity contribution in [2.45, 2.75) is 19.9 Å². The summed E-state index contributed by atoms with van der Waals surface area (Å²) in [6, 6.07) is 0.121. The van der Waals surface area contributed by atoms with Crippen LogP contribution in [0.25, 0.3) is 0 Å². The number of carbonyl (C=O) groups excluding carboxylic acids is 1. The summed E-state index contributed by atoms with van der Waals surface area (Å²) >= 11 is 3.95. The van der Waals surface area contributed by atoms with Crippen LogP contribution in [0.5, 0.6) is 0 Å². The average Bonchev–Trinajstić information content (AvgIpc) is 2.18. The van der Waals surface area contributed by atoms with Crippen molar-refractivity contribution in [1.29, 1.82) is 0 Å². The number of amides is 1. The second kappa shape index (κ2) is 5.58. The lowest BCUT2D eigenvalue weighted by Crippen LogP contribution is -2.53. The number of ether oxygens (including phenoxy) is 1. The summed E-state index contributed by atoms with van der Waals surface area (Å²) in [7, 11) is 0. The minimum atomic E-state index is 0.0514. The van der Waals surface area contributed by atoms with Gasteiger partial charge in [0.1, 0.15) is 0 Å². The SMILES string of the molecule is CC(C)C(=O)N1CCOC[C@@H]1CNS. The molecule has 1 aliphatic rings. The van der Waals surface area contributed by atoms with Crippen molar-refractivity contribution in [2.24, 2.45) is 5.92 Å². The van der Waals surface area contributed by atoms with Crippen molar-refractivity contribution in [3.05, 3.63) is 0 Å². The maximum absolute atomic E-state index is 11.8. The van der Waals surface area contributed by atoms with Gasteiger partial charge in [0.2, 0.25) is 5.91 Å². The molecule has 1 saturated heterocycles. The average molecular weight is 218 g/mol. The van der Waals surface area contributed by atoms with E-state index >= 15 is 0 Å². The topological polar surface area (TPSA) is 41.6 Å². The molecule has 0 bridgehead atoms. The summed E-state index contributed by atoms with van der Waals surface area (Å²) < 4.78 is 8.11. The summed E-state index contributed by atoms with van der Waals surface area (Å²) in [5.74, 6) is 0.248. The normalized spacial score (nSPS) is 22.9. The zero-order chi connectivity index (χ0) is 10.6. The van der Waals surface area contributed by atoms with E-state index in [2.05, 4.69) is 17.5 Å². The standard InChI is InChI=1S/C9H18N2O2S/c1-7(2)9(12)11-3-4-13-6-8(11)5-10-14/h7-8,10,14H,3-6H2,1-2H3/t8-/m0/s1. The van der Waals surface area contributed by atoms with Crippen LogP contribution in [0.3, 0.4) is 0 Å². The van der Waals surface area contributed by atoms with E-state index in [0.717, 1.165) is 0 Å². The Morgan fingerprint density at radius 1 is 1.71 bits per heavy atom. The highest BCUT2D eigenvalue weighted by Gasteiger charge is 2.27. The van der Waals surface area contributed by atoms with Crippen molar-refractivity contribution in [2.75, 3.05) is 26.3 Å². The Kier molecular flexibility index (Phi) is 4.71. The number of hydrogen-bond acceptors (Lipinski definition) is 4. The van der Waals surface area contributed by atoms with E-state index in [1.807, 2.05) is 18.7 Å². The quantitative estimate of drug-likeness (QED) is 0.670. The summed E-state index contributed by atoms with van der Waals surface area (Å²) in [6.45, 7) is 6.44.